The Morgan fingerprint density at radius 2 is 1.86 bits per heavy atom. The molecule has 0 spiro atoms. The highest BCUT2D eigenvalue weighted by Gasteiger charge is 2.17. The highest BCUT2D eigenvalue weighted by atomic mass is 32.1. The van der Waals surface area contributed by atoms with Gasteiger partial charge >= 0.3 is 0 Å². The first-order chi connectivity index (χ1) is 13.7. The summed E-state index contributed by atoms with van der Waals surface area (Å²) in [6.45, 7) is 5.79. The van der Waals surface area contributed by atoms with Gasteiger partial charge in [-0.2, -0.15) is 0 Å². The molecule has 3 aromatic heterocycles. The van der Waals surface area contributed by atoms with Crippen LogP contribution in [-0.2, 0) is 6.54 Å². The average Bonchev–Trinajstić information content (AvgIpc) is 3.36. The third kappa shape index (κ3) is 3.00. The Morgan fingerprint density at radius 1 is 1.07 bits per heavy atom. The van der Waals surface area contributed by atoms with Crippen LogP contribution in [0.25, 0.3) is 31.8 Å². The van der Waals surface area contributed by atoms with Crippen molar-refractivity contribution in [2.75, 3.05) is 19.6 Å². The van der Waals surface area contributed by atoms with E-state index in [0.29, 0.717) is 17.1 Å². The number of aryl methyl sites for hydroxylation is 1. The number of thiophene rings is 1. The summed E-state index contributed by atoms with van der Waals surface area (Å²) in [5.74, 6) is 0.687. The Labute approximate surface area is 166 Å². The fourth-order valence-electron chi connectivity index (χ4n) is 3.86. The van der Waals surface area contributed by atoms with Crippen molar-refractivity contribution in [1.29, 1.82) is 0 Å². The SMILES string of the molecule is Cc1nc(-c2ccccc2)nc2sc3c(=O)n(CCN4CCCC4)cnc3c12. The molecule has 1 aliphatic heterocycles. The summed E-state index contributed by atoms with van der Waals surface area (Å²) >= 11 is 1.42. The molecule has 0 amide bonds. The average molecular weight is 392 g/mol. The molecule has 0 bridgehead atoms. The van der Waals surface area contributed by atoms with Crippen LogP contribution < -0.4 is 5.56 Å². The number of rotatable bonds is 4. The molecule has 1 aliphatic rings. The van der Waals surface area contributed by atoms with Gasteiger partial charge in [-0.1, -0.05) is 30.3 Å². The number of benzene rings is 1. The van der Waals surface area contributed by atoms with E-state index in [-0.39, 0.29) is 5.56 Å². The maximum absolute atomic E-state index is 13.0. The van der Waals surface area contributed by atoms with Gasteiger partial charge in [0.1, 0.15) is 9.53 Å². The van der Waals surface area contributed by atoms with Crippen LogP contribution >= 0.6 is 11.3 Å². The molecule has 0 unspecified atom stereocenters. The molecule has 0 atom stereocenters. The van der Waals surface area contributed by atoms with E-state index in [2.05, 4.69) is 14.9 Å². The van der Waals surface area contributed by atoms with Crippen molar-refractivity contribution in [1.82, 2.24) is 24.4 Å². The zero-order valence-corrected chi connectivity index (χ0v) is 16.6. The lowest BCUT2D eigenvalue weighted by molar-refractivity contribution is 0.320. The van der Waals surface area contributed by atoms with Gasteiger partial charge in [-0.25, -0.2) is 15.0 Å². The number of hydrogen-bond donors (Lipinski definition) is 0. The molecule has 4 aromatic rings. The fraction of sp³-hybridized carbons (Fsp3) is 0.333. The Kier molecular flexibility index (Phi) is 4.41. The van der Waals surface area contributed by atoms with E-state index in [0.717, 1.165) is 46.6 Å². The summed E-state index contributed by atoms with van der Waals surface area (Å²) in [4.78, 5) is 30.3. The van der Waals surface area contributed by atoms with Crippen molar-refractivity contribution in [3.8, 4) is 11.4 Å². The largest absolute Gasteiger partial charge is 0.302 e. The van der Waals surface area contributed by atoms with Gasteiger partial charge < -0.3 is 4.90 Å². The minimum absolute atomic E-state index is 0.0212. The second-order valence-electron chi connectivity index (χ2n) is 7.25. The summed E-state index contributed by atoms with van der Waals surface area (Å²) in [5.41, 5.74) is 2.57. The number of aromatic nitrogens is 4. The molecular formula is C21H21N5OS. The minimum atomic E-state index is 0.0212. The molecule has 0 saturated carbocycles. The first-order valence-corrected chi connectivity index (χ1v) is 10.5. The third-order valence-electron chi connectivity index (χ3n) is 5.38. The molecule has 1 aromatic carbocycles. The van der Waals surface area contributed by atoms with E-state index < -0.39 is 0 Å². The van der Waals surface area contributed by atoms with Gasteiger partial charge in [0, 0.05) is 18.7 Å². The quantitative estimate of drug-likeness (QED) is 0.533. The Hall–Kier alpha value is -2.64. The molecule has 0 aliphatic carbocycles. The van der Waals surface area contributed by atoms with E-state index in [4.69, 9.17) is 4.98 Å². The van der Waals surface area contributed by atoms with E-state index in [1.54, 1.807) is 10.9 Å². The highest BCUT2D eigenvalue weighted by Crippen LogP contribution is 2.32. The molecule has 0 radical (unpaired) electrons. The first-order valence-electron chi connectivity index (χ1n) is 9.65. The first kappa shape index (κ1) is 17.5. The number of hydrogen-bond acceptors (Lipinski definition) is 6. The van der Waals surface area contributed by atoms with Crippen LogP contribution in [0.1, 0.15) is 18.5 Å². The second-order valence-corrected chi connectivity index (χ2v) is 8.25. The van der Waals surface area contributed by atoms with Crippen LogP contribution in [0.4, 0.5) is 0 Å². The highest BCUT2D eigenvalue weighted by molar-refractivity contribution is 7.25. The maximum Gasteiger partial charge on any atom is 0.271 e. The van der Waals surface area contributed by atoms with Crippen molar-refractivity contribution in [3.05, 3.63) is 52.7 Å². The number of nitrogens with zero attached hydrogens (tertiary/aromatic N) is 5. The summed E-state index contributed by atoms with van der Waals surface area (Å²) < 4.78 is 2.40. The number of likely N-dealkylation sites (tertiary alicyclic amines) is 1. The van der Waals surface area contributed by atoms with Crippen molar-refractivity contribution in [2.24, 2.45) is 0 Å². The minimum Gasteiger partial charge on any atom is -0.302 e. The van der Waals surface area contributed by atoms with E-state index >= 15 is 0 Å². The standard InChI is InChI=1S/C21H21N5OS/c1-14-16-17-18(21(27)26(13-22-17)12-11-25-9-5-6-10-25)28-20(16)24-19(23-14)15-7-3-2-4-8-15/h2-4,7-8,13H,5-6,9-12H2,1H3. The van der Waals surface area contributed by atoms with Crippen molar-refractivity contribution < 1.29 is 0 Å². The van der Waals surface area contributed by atoms with Gasteiger partial charge in [-0.15, -0.1) is 11.3 Å². The van der Waals surface area contributed by atoms with Crippen LogP contribution in [0.2, 0.25) is 0 Å². The Balaban J connectivity index is 1.58. The van der Waals surface area contributed by atoms with Crippen molar-refractivity contribution in [2.45, 2.75) is 26.3 Å². The topological polar surface area (TPSA) is 63.9 Å². The van der Waals surface area contributed by atoms with Gasteiger partial charge in [-0.05, 0) is 32.9 Å². The molecule has 28 heavy (non-hydrogen) atoms. The molecule has 1 fully saturated rings. The Morgan fingerprint density at radius 3 is 2.64 bits per heavy atom. The smallest absolute Gasteiger partial charge is 0.271 e. The molecule has 7 heteroatoms. The molecule has 142 valence electrons. The summed E-state index contributed by atoms with van der Waals surface area (Å²) in [6, 6.07) is 9.92. The molecule has 4 heterocycles. The Bertz CT molecular complexity index is 1210. The van der Waals surface area contributed by atoms with Crippen LogP contribution in [0.3, 0.4) is 0 Å². The molecule has 0 N–H and O–H groups in total. The third-order valence-corrected chi connectivity index (χ3v) is 6.44. The van der Waals surface area contributed by atoms with Crippen molar-refractivity contribution >= 4 is 31.8 Å². The summed E-state index contributed by atoms with van der Waals surface area (Å²) in [6.07, 6.45) is 4.19. The van der Waals surface area contributed by atoms with Crippen LogP contribution in [0.5, 0.6) is 0 Å². The van der Waals surface area contributed by atoms with E-state index in [1.165, 1.54) is 24.2 Å². The maximum atomic E-state index is 13.0. The van der Waals surface area contributed by atoms with Crippen LogP contribution in [-0.4, -0.2) is 44.1 Å². The van der Waals surface area contributed by atoms with Gasteiger partial charge in [0.2, 0.25) is 0 Å². The van der Waals surface area contributed by atoms with Crippen molar-refractivity contribution in [3.63, 3.8) is 0 Å². The summed E-state index contributed by atoms with van der Waals surface area (Å²) in [7, 11) is 0. The fourth-order valence-corrected chi connectivity index (χ4v) is 4.99. The number of fused-ring (bicyclic) bond motifs is 3. The molecular weight excluding hydrogens is 370 g/mol. The van der Waals surface area contributed by atoms with Gasteiger partial charge in [0.25, 0.3) is 5.56 Å². The van der Waals surface area contributed by atoms with Crippen LogP contribution in [0.15, 0.2) is 41.5 Å². The molecule has 6 nitrogen and oxygen atoms in total. The van der Waals surface area contributed by atoms with E-state index in [9.17, 15) is 4.79 Å². The second kappa shape index (κ2) is 7.07. The predicted molar refractivity (Wildman–Crippen MR) is 113 cm³/mol. The lowest BCUT2D eigenvalue weighted by Gasteiger charge is -2.14. The predicted octanol–water partition coefficient (Wildman–Crippen LogP) is 3.47. The monoisotopic (exact) mass is 391 g/mol. The lowest BCUT2D eigenvalue weighted by atomic mass is 10.2. The van der Waals surface area contributed by atoms with Crippen LogP contribution in [0, 0.1) is 6.92 Å². The molecule has 5 rings (SSSR count). The van der Waals surface area contributed by atoms with Gasteiger partial charge in [0.05, 0.1) is 22.9 Å². The van der Waals surface area contributed by atoms with Gasteiger partial charge in [-0.3, -0.25) is 9.36 Å². The molecule has 1 saturated heterocycles. The zero-order chi connectivity index (χ0) is 19.1. The van der Waals surface area contributed by atoms with E-state index in [1.807, 2.05) is 37.3 Å². The van der Waals surface area contributed by atoms with Gasteiger partial charge in [0.15, 0.2) is 5.82 Å². The zero-order valence-electron chi connectivity index (χ0n) is 15.8. The normalized spacial score (nSPS) is 15.0. The summed E-state index contributed by atoms with van der Waals surface area (Å²) in [5, 5.41) is 0.892. The lowest BCUT2D eigenvalue weighted by Crippen LogP contribution is -2.29.